The second kappa shape index (κ2) is 10.6. The van der Waals surface area contributed by atoms with Gasteiger partial charge in [0.2, 0.25) is 5.95 Å². The number of nitrogens with zero attached hydrogens (tertiary/aromatic N) is 6. The molecule has 0 spiro atoms. The van der Waals surface area contributed by atoms with Gasteiger partial charge in [0.25, 0.3) is 0 Å². The Balaban J connectivity index is 1.58. The van der Waals surface area contributed by atoms with Gasteiger partial charge in [-0.15, -0.1) is 6.42 Å². The standard InChI is InChI=1S/C30H27F2N7O/c1-3-21-24(31)7-6-19-13-18(15-33)14-22(25(19)21)27-26(32)28-23(16-35-27)29(38(2)17-20-5-4-8-34-20)37-30(36-28)39-9-11-40-12-10-39/h1,6-7,13-14,16,20,34H,4-5,8-12,17H2,2H3/t20-/m1/s1. The summed E-state index contributed by atoms with van der Waals surface area (Å²) in [6, 6.07) is 8.26. The zero-order chi connectivity index (χ0) is 27.8. The van der Waals surface area contributed by atoms with Crippen molar-refractivity contribution in [2.24, 2.45) is 0 Å². The molecule has 6 rings (SSSR count). The molecule has 202 valence electrons. The van der Waals surface area contributed by atoms with Gasteiger partial charge in [-0.3, -0.25) is 4.98 Å². The Morgan fingerprint density at radius 1 is 1.23 bits per heavy atom. The number of morpholine rings is 1. The Labute approximate surface area is 230 Å². The first-order valence-electron chi connectivity index (χ1n) is 13.2. The van der Waals surface area contributed by atoms with Crippen LogP contribution in [-0.2, 0) is 4.74 Å². The molecule has 2 fully saturated rings. The average molecular weight is 540 g/mol. The van der Waals surface area contributed by atoms with Gasteiger partial charge in [0.15, 0.2) is 5.82 Å². The number of rotatable bonds is 5. The molecule has 2 aliphatic rings. The van der Waals surface area contributed by atoms with Crippen LogP contribution in [0.4, 0.5) is 20.5 Å². The van der Waals surface area contributed by atoms with Crippen LogP contribution in [0.1, 0.15) is 24.0 Å². The van der Waals surface area contributed by atoms with Crippen molar-refractivity contribution in [2.75, 3.05) is 56.2 Å². The largest absolute Gasteiger partial charge is 0.378 e. The predicted octanol–water partition coefficient (Wildman–Crippen LogP) is 4.00. The second-order valence-electron chi connectivity index (χ2n) is 10.1. The third kappa shape index (κ3) is 4.56. The SMILES string of the molecule is C#Cc1c(F)ccc2cc(C#N)cc(-c3ncc4c(N(C)C[C@H]5CCCN5)nc(N5CCOCC5)nc4c3F)c12. The van der Waals surface area contributed by atoms with Crippen LogP contribution in [0, 0.1) is 35.3 Å². The molecule has 8 nitrogen and oxygen atoms in total. The maximum absolute atomic E-state index is 16.6. The lowest BCUT2D eigenvalue weighted by Gasteiger charge is -2.29. The minimum Gasteiger partial charge on any atom is -0.378 e. The van der Waals surface area contributed by atoms with Gasteiger partial charge in [-0.1, -0.05) is 12.0 Å². The van der Waals surface area contributed by atoms with Gasteiger partial charge in [-0.05, 0) is 43.0 Å². The first-order chi connectivity index (χ1) is 19.5. The number of halogens is 2. The van der Waals surface area contributed by atoms with Gasteiger partial charge in [-0.2, -0.15) is 10.2 Å². The molecule has 10 heteroatoms. The number of ether oxygens (including phenoxy) is 1. The van der Waals surface area contributed by atoms with Crippen LogP contribution in [0.2, 0.25) is 0 Å². The first-order valence-corrected chi connectivity index (χ1v) is 13.2. The Morgan fingerprint density at radius 2 is 2.05 bits per heavy atom. The molecule has 4 heterocycles. The molecule has 2 aromatic heterocycles. The molecule has 0 aliphatic carbocycles. The first kappa shape index (κ1) is 25.9. The lowest BCUT2D eigenvalue weighted by molar-refractivity contribution is 0.122. The number of terminal acetylenes is 1. The number of likely N-dealkylation sites (N-methyl/N-ethyl adjacent to an activating group) is 1. The Bertz CT molecular complexity index is 1700. The van der Waals surface area contributed by atoms with E-state index in [0.29, 0.717) is 66.8 Å². The summed E-state index contributed by atoms with van der Waals surface area (Å²) in [5.41, 5.74) is 0.530. The zero-order valence-corrected chi connectivity index (χ0v) is 22.0. The number of anilines is 2. The molecule has 2 aromatic carbocycles. The number of benzene rings is 2. The van der Waals surface area contributed by atoms with Crippen molar-refractivity contribution in [3.05, 3.63) is 53.2 Å². The summed E-state index contributed by atoms with van der Waals surface area (Å²) >= 11 is 0. The molecule has 2 aliphatic heterocycles. The molecule has 4 aromatic rings. The molecular formula is C30H27F2N7O. The number of hydrogen-bond donors (Lipinski definition) is 1. The Kier molecular flexibility index (Phi) is 6.89. The summed E-state index contributed by atoms with van der Waals surface area (Å²) in [5, 5.41) is 14.5. The fourth-order valence-electron chi connectivity index (χ4n) is 5.58. The van der Waals surface area contributed by atoms with E-state index in [9.17, 15) is 9.65 Å². The van der Waals surface area contributed by atoms with Crippen molar-refractivity contribution in [2.45, 2.75) is 18.9 Å². The van der Waals surface area contributed by atoms with Crippen molar-refractivity contribution >= 4 is 33.4 Å². The lowest BCUT2D eigenvalue weighted by Crippen LogP contribution is -2.38. The smallest absolute Gasteiger partial charge is 0.228 e. The monoisotopic (exact) mass is 539 g/mol. The van der Waals surface area contributed by atoms with Gasteiger partial charge < -0.3 is 19.9 Å². The van der Waals surface area contributed by atoms with Crippen LogP contribution in [0.5, 0.6) is 0 Å². The van der Waals surface area contributed by atoms with Crippen molar-refractivity contribution in [3.8, 4) is 29.7 Å². The maximum Gasteiger partial charge on any atom is 0.228 e. The van der Waals surface area contributed by atoms with Crippen molar-refractivity contribution < 1.29 is 13.5 Å². The van der Waals surface area contributed by atoms with Crippen LogP contribution >= 0.6 is 0 Å². The summed E-state index contributed by atoms with van der Waals surface area (Å²) < 4.78 is 36.8. The van der Waals surface area contributed by atoms with Crippen molar-refractivity contribution in [1.82, 2.24) is 20.3 Å². The summed E-state index contributed by atoms with van der Waals surface area (Å²) in [5.74, 6) is 2.07. The number of aromatic nitrogens is 3. The molecule has 2 saturated heterocycles. The second-order valence-corrected chi connectivity index (χ2v) is 10.1. The van der Waals surface area contributed by atoms with E-state index >= 15 is 4.39 Å². The third-order valence-electron chi connectivity index (χ3n) is 7.56. The number of pyridine rings is 1. The third-order valence-corrected chi connectivity index (χ3v) is 7.56. The molecule has 0 unspecified atom stereocenters. The zero-order valence-electron chi connectivity index (χ0n) is 22.0. The Morgan fingerprint density at radius 3 is 2.77 bits per heavy atom. The normalized spacial score (nSPS) is 17.2. The fraction of sp³-hybridized carbons (Fsp3) is 0.333. The van der Waals surface area contributed by atoms with E-state index in [4.69, 9.17) is 16.1 Å². The topological polar surface area (TPSA) is 90.2 Å². The van der Waals surface area contributed by atoms with E-state index in [1.54, 1.807) is 12.3 Å². The molecule has 1 N–H and O–H groups in total. The van der Waals surface area contributed by atoms with Crippen molar-refractivity contribution in [1.29, 1.82) is 5.26 Å². The molecular weight excluding hydrogens is 512 g/mol. The van der Waals surface area contributed by atoms with Gasteiger partial charge in [0.05, 0.1) is 35.8 Å². The number of hydrogen-bond acceptors (Lipinski definition) is 8. The lowest BCUT2D eigenvalue weighted by atomic mass is 9.94. The predicted molar refractivity (Wildman–Crippen MR) is 150 cm³/mol. The minimum absolute atomic E-state index is 0.0144. The molecule has 0 radical (unpaired) electrons. The van der Waals surface area contributed by atoms with Crippen LogP contribution < -0.4 is 15.1 Å². The van der Waals surface area contributed by atoms with Crippen LogP contribution in [0.3, 0.4) is 0 Å². The molecule has 0 saturated carbocycles. The average Bonchev–Trinajstić information content (AvgIpc) is 3.50. The summed E-state index contributed by atoms with van der Waals surface area (Å²) in [7, 11) is 1.93. The summed E-state index contributed by atoms with van der Waals surface area (Å²) in [6.07, 6.45) is 9.38. The number of fused-ring (bicyclic) bond motifs is 2. The summed E-state index contributed by atoms with van der Waals surface area (Å²) in [4.78, 5) is 18.0. The minimum atomic E-state index is -0.688. The molecule has 40 heavy (non-hydrogen) atoms. The quantitative estimate of drug-likeness (QED) is 0.381. The van der Waals surface area contributed by atoms with E-state index in [-0.39, 0.29) is 27.9 Å². The van der Waals surface area contributed by atoms with E-state index in [2.05, 4.69) is 27.3 Å². The van der Waals surface area contributed by atoms with Crippen molar-refractivity contribution in [3.63, 3.8) is 0 Å². The Hall–Kier alpha value is -4.38. The highest BCUT2D eigenvalue weighted by atomic mass is 19.1. The summed E-state index contributed by atoms with van der Waals surface area (Å²) in [6.45, 7) is 3.87. The number of nitrogens with one attached hydrogen (secondary N) is 1. The van der Waals surface area contributed by atoms with Crippen LogP contribution in [0.25, 0.3) is 32.9 Å². The molecule has 0 bridgehead atoms. The van der Waals surface area contributed by atoms with Gasteiger partial charge in [0.1, 0.15) is 22.8 Å². The van der Waals surface area contributed by atoms with E-state index in [1.807, 2.05) is 16.8 Å². The van der Waals surface area contributed by atoms with E-state index < -0.39 is 11.6 Å². The van der Waals surface area contributed by atoms with Gasteiger partial charge >= 0.3 is 0 Å². The molecule has 1 atom stereocenters. The van der Waals surface area contributed by atoms with Gasteiger partial charge in [-0.25, -0.2) is 13.8 Å². The fourth-order valence-corrected chi connectivity index (χ4v) is 5.58. The van der Waals surface area contributed by atoms with E-state index in [1.165, 1.54) is 18.2 Å². The highest BCUT2D eigenvalue weighted by Crippen LogP contribution is 2.37. The highest BCUT2D eigenvalue weighted by molar-refractivity contribution is 6.03. The van der Waals surface area contributed by atoms with Gasteiger partial charge in [0, 0.05) is 49.9 Å². The number of nitriles is 1. The highest BCUT2D eigenvalue weighted by Gasteiger charge is 2.25. The molecule has 0 amide bonds. The maximum atomic E-state index is 16.6. The van der Waals surface area contributed by atoms with Crippen LogP contribution in [0.15, 0.2) is 30.5 Å². The van der Waals surface area contributed by atoms with Crippen LogP contribution in [-0.4, -0.2) is 67.4 Å². The van der Waals surface area contributed by atoms with E-state index in [0.717, 1.165) is 19.4 Å².